The molecule has 1 aliphatic heterocycles. The predicted molar refractivity (Wildman–Crippen MR) is 98.6 cm³/mol. The Bertz CT molecular complexity index is 908. The third-order valence-corrected chi connectivity index (χ3v) is 4.54. The minimum atomic E-state index is -0.247. The van der Waals surface area contributed by atoms with Gasteiger partial charge in [0.15, 0.2) is 0 Å². The molecule has 0 bridgehead atoms. The van der Waals surface area contributed by atoms with Crippen molar-refractivity contribution in [1.82, 2.24) is 19.4 Å². The third-order valence-electron chi connectivity index (χ3n) is 4.54. The zero-order chi connectivity index (χ0) is 18.6. The lowest BCUT2D eigenvalue weighted by Crippen LogP contribution is -2.38. The summed E-state index contributed by atoms with van der Waals surface area (Å²) in [7, 11) is 1.60. The van der Waals surface area contributed by atoms with E-state index in [-0.39, 0.29) is 12.0 Å². The van der Waals surface area contributed by atoms with Gasteiger partial charge in [0, 0.05) is 29.8 Å². The minimum absolute atomic E-state index is 0.0464. The monoisotopic (exact) mass is 364 g/mol. The number of carbonyl (C=O) groups excluding carboxylic acids is 1. The van der Waals surface area contributed by atoms with Crippen molar-refractivity contribution in [3.63, 3.8) is 0 Å². The van der Waals surface area contributed by atoms with Crippen LogP contribution >= 0.6 is 0 Å². The van der Waals surface area contributed by atoms with Crippen molar-refractivity contribution in [3.05, 3.63) is 72.3 Å². The maximum absolute atomic E-state index is 13.1. The Hall–Kier alpha value is -3.35. The number of methoxy groups -OCH3 is 1. The van der Waals surface area contributed by atoms with Gasteiger partial charge >= 0.3 is 6.01 Å². The summed E-state index contributed by atoms with van der Waals surface area (Å²) in [5, 5.41) is 0. The molecule has 0 aliphatic carbocycles. The molecule has 27 heavy (non-hydrogen) atoms. The Kier molecular flexibility index (Phi) is 4.74. The molecule has 0 N–H and O–H groups in total. The van der Waals surface area contributed by atoms with Crippen molar-refractivity contribution < 1.29 is 14.3 Å². The molecular formula is C20H20N4O3. The summed E-state index contributed by atoms with van der Waals surface area (Å²) in [6, 6.07) is 13.2. The van der Waals surface area contributed by atoms with Crippen molar-refractivity contribution in [3.8, 4) is 11.8 Å². The second kappa shape index (κ2) is 7.49. The first-order valence-corrected chi connectivity index (χ1v) is 8.74. The maximum atomic E-state index is 13.1. The fourth-order valence-corrected chi connectivity index (χ4v) is 3.19. The van der Waals surface area contributed by atoms with Crippen molar-refractivity contribution in [1.29, 1.82) is 0 Å². The van der Waals surface area contributed by atoms with E-state index >= 15 is 0 Å². The molecule has 1 aliphatic rings. The van der Waals surface area contributed by atoms with E-state index in [4.69, 9.17) is 9.47 Å². The second-order valence-corrected chi connectivity index (χ2v) is 6.34. The van der Waals surface area contributed by atoms with E-state index in [0.29, 0.717) is 31.2 Å². The van der Waals surface area contributed by atoms with Gasteiger partial charge in [-0.25, -0.2) is 9.97 Å². The number of nitrogens with zero attached hydrogens (tertiary/aromatic N) is 4. The molecule has 0 saturated heterocycles. The molecule has 7 heteroatoms. The fourth-order valence-electron chi connectivity index (χ4n) is 3.19. The Morgan fingerprint density at radius 3 is 2.59 bits per heavy atom. The highest BCUT2D eigenvalue weighted by molar-refractivity contribution is 5.94. The van der Waals surface area contributed by atoms with Gasteiger partial charge in [0.1, 0.15) is 11.9 Å². The summed E-state index contributed by atoms with van der Waals surface area (Å²) in [5.41, 5.74) is 1.68. The molecule has 0 unspecified atom stereocenters. The molecular weight excluding hydrogens is 344 g/mol. The average molecular weight is 364 g/mol. The van der Waals surface area contributed by atoms with Gasteiger partial charge < -0.3 is 18.9 Å². The van der Waals surface area contributed by atoms with Gasteiger partial charge in [-0.05, 0) is 42.5 Å². The number of hydrogen-bond donors (Lipinski definition) is 0. The molecule has 4 rings (SSSR count). The minimum Gasteiger partial charge on any atom is -0.497 e. The Morgan fingerprint density at radius 1 is 1.07 bits per heavy atom. The maximum Gasteiger partial charge on any atom is 0.316 e. The van der Waals surface area contributed by atoms with Gasteiger partial charge in [0.05, 0.1) is 26.7 Å². The van der Waals surface area contributed by atoms with Gasteiger partial charge in [-0.1, -0.05) is 0 Å². The lowest BCUT2D eigenvalue weighted by Gasteiger charge is -2.24. The number of amides is 1. The van der Waals surface area contributed by atoms with E-state index < -0.39 is 0 Å². The number of aromatic nitrogens is 3. The highest BCUT2D eigenvalue weighted by Gasteiger charge is 2.27. The van der Waals surface area contributed by atoms with E-state index in [9.17, 15) is 4.79 Å². The zero-order valence-electron chi connectivity index (χ0n) is 15.0. The number of carbonyl (C=O) groups is 1. The van der Waals surface area contributed by atoms with E-state index in [1.807, 2.05) is 18.3 Å². The van der Waals surface area contributed by atoms with Crippen LogP contribution < -0.4 is 9.47 Å². The standard InChI is InChI=1S/C20H20N4O3/c1-26-17-7-5-15(6-8-17)19(25)24-12-16-4-2-11-23(16)13-18(14-24)27-20-21-9-3-10-22-20/h2-11,18H,12-14H2,1H3/t18-/m0/s1. The van der Waals surface area contributed by atoms with Gasteiger partial charge in [-0.3, -0.25) is 4.79 Å². The van der Waals surface area contributed by atoms with Crippen LogP contribution in [-0.4, -0.2) is 45.1 Å². The van der Waals surface area contributed by atoms with E-state index in [2.05, 4.69) is 14.5 Å². The molecule has 1 amide bonds. The van der Waals surface area contributed by atoms with Crippen LogP contribution in [0.3, 0.4) is 0 Å². The zero-order valence-corrected chi connectivity index (χ0v) is 15.0. The van der Waals surface area contributed by atoms with E-state index in [1.54, 1.807) is 54.7 Å². The second-order valence-electron chi connectivity index (χ2n) is 6.34. The first-order valence-electron chi connectivity index (χ1n) is 8.74. The van der Waals surface area contributed by atoms with Gasteiger partial charge in [-0.2, -0.15) is 0 Å². The lowest BCUT2D eigenvalue weighted by molar-refractivity contribution is 0.0639. The number of benzene rings is 1. The topological polar surface area (TPSA) is 69.5 Å². The van der Waals surface area contributed by atoms with Crippen LogP contribution in [-0.2, 0) is 13.1 Å². The fraction of sp³-hybridized carbons (Fsp3) is 0.250. The quantitative estimate of drug-likeness (QED) is 0.711. The van der Waals surface area contributed by atoms with Crippen LogP contribution in [0.5, 0.6) is 11.8 Å². The Morgan fingerprint density at radius 2 is 1.85 bits per heavy atom. The molecule has 0 saturated carbocycles. The molecule has 0 fully saturated rings. The molecule has 2 aromatic heterocycles. The highest BCUT2D eigenvalue weighted by atomic mass is 16.5. The normalized spacial score (nSPS) is 16.3. The predicted octanol–water partition coefficient (Wildman–Crippen LogP) is 2.39. The summed E-state index contributed by atoms with van der Waals surface area (Å²) < 4.78 is 13.2. The van der Waals surface area contributed by atoms with Crippen LogP contribution in [0.1, 0.15) is 16.1 Å². The van der Waals surface area contributed by atoms with Crippen LogP contribution in [0, 0.1) is 0 Å². The van der Waals surface area contributed by atoms with Gasteiger partial charge in [-0.15, -0.1) is 0 Å². The average Bonchev–Trinajstić information content (AvgIpc) is 3.07. The largest absolute Gasteiger partial charge is 0.497 e. The third kappa shape index (κ3) is 3.76. The highest BCUT2D eigenvalue weighted by Crippen LogP contribution is 2.20. The molecule has 0 spiro atoms. The number of rotatable bonds is 4. The van der Waals surface area contributed by atoms with E-state index in [1.165, 1.54) is 0 Å². The number of fused-ring (bicyclic) bond motifs is 1. The number of ether oxygens (including phenoxy) is 2. The van der Waals surface area contributed by atoms with Crippen molar-refractivity contribution in [2.45, 2.75) is 19.2 Å². The first kappa shape index (κ1) is 17.1. The Balaban J connectivity index is 1.58. The molecule has 1 aromatic carbocycles. The van der Waals surface area contributed by atoms with Crippen LogP contribution in [0.15, 0.2) is 61.1 Å². The summed E-state index contributed by atoms with van der Waals surface area (Å²) in [4.78, 5) is 23.1. The smallest absolute Gasteiger partial charge is 0.316 e. The molecule has 3 aromatic rings. The molecule has 7 nitrogen and oxygen atoms in total. The van der Waals surface area contributed by atoms with E-state index in [0.717, 1.165) is 11.4 Å². The van der Waals surface area contributed by atoms with Crippen LogP contribution in [0.4, 0.5) is 0 Å². The van der Waals surface area contributed by atoms with Crippen molar-refractivity contribution in [2.75, 3.05) is 13.7 Å². The van der Waals surface area contributed by atoms with Gasteiger partial charge in [0.2, 0.25) is 0 Å². The Labute approximate surface area is 157 Å². The van der Waals surface area contributed by atoms with Crippen LogP contribution in [0.2, 0.25) is 0 Å². The number of hydrogen-bond acceptors (Lipinski definition) is 5. The summed E-state index contributed by atoms with van der Waals surface area (Å²) in [6.07, 6.45) is 5.03. The SMILES string of the molecule is COc1ccc(C(=O)N2Cc3cccn3C[C@H](Oc3ncccn3)C2)cc1. The molecule has 3 heterocycles. The lowest BCUT2D eigenvalue weighted by atomic mass is 10.1. The molecule has 0 radical (unpaired) electrons. The van der Waals surface area contributed by atoms with Crippen LogP contribution in [0.25, 0.3) is 0 Å². The first-order chi connectivity index (χ1) is 13.2. The van der Waals surface area contributed by atoms with Crippen molar-refractivity contribution >= 4 is 5.91 Å². The van der Waals surface area contributed by atoms with Gasteiger partial charge in [0.25, 0.3) is 5.91 Å². The summed E-state index contributed by atoms with van der Waals surface area (Å²) >= 11 is 0. The molecule has 1 atom stereocenters. The summed E-state index contributed by atoms with van der Waals surface area (Å²) in [5.74, 6) is 0.675. The molecule has 138 valence electrons. The summed E-state index contributed by atoms with van der Waals surface area (Å²) in [6.45, 7) is 1.60. The van der Waals surface area contributed by atoms with Crippen molar-refractivity contribution in [2.24, 2.45) is 0 Å².